The van der Waals surface area contributed by atoms with Crippen molar-refractivity contribution in [2.75, 3.05) is 6.61 Å². The maximum atomic E-state index is 12.5. The molecule has 1 aromatic carbocycles. The van der Waals surface area contributed by atoms with Gasteiger partial charge in [0.25, 0.3) is 0 Å². The second kappa shape index (κ2) is 6.02. The number of aryl methyl sites for hydroxylation is 1. The summed E-state index contributed by atoms with van der Waals surface area (Å²) in [5, 5.41) is 1.02. The molecule has 0 bridgehead atoms. The summed E-state index contributed by atoms with van der Waals surface area (Å²) in [6.45, 7) is 2.11. The molecule has 0 unspecified atom stereocenters. The second-order valence-electron chi connectivity index (χ2n) is 5.80. The summed E-state index contributed by atoms with van der Waals surface area (Å²) in [4.78, 5) is 17.2. The normalized spacial score (nSPS) is 11.1. The lowest BCUT2D eigenvalue weighted by molar-refractivity contribution is -0.596. The third-order valence-electron chi connectivity index (χ3n) is 4.33. The molecule has 0 fully saturated rings. The molecule has 5 heteroatoms. The highest BCUT2D eigenvalue weighted by Gasteiger charge is 2.25. The number of esters is 1. The van der Waals surface area contributed by atoms with Gasteiger partial charge in [0, 0.05) is 30.6 Å². The van der Waals surface area contributed by atoms with Crippen molar-refractivity contribution in [3.05, 3.63) is 66.6 Å². The lowest BCUT2D eigenvalue weighted by Crippen LogP contribution is -2.32. The number of pyridine rings is 2. The molecule has 0 amide bonds. The highest BCUT2D eigenvalue weighted by Crippen LogP contribution is 2.28. The maximum absolute atomic E-state index is 12.5. The smallest absolute Gasteiger partial charge is 0.363 e. The van der Waals surface area contributed by atoms with Crippen LogP contribution >= 0.6 is 0 Å². The number of carbonyl (C=O) groups excluding carboxylic acids is 1. The number of nitrogens with zero attached hydrogens (tertiary/aromatic N) is 3. The summed E-state index contributed by atoms with van der Waals surface area (Å²) in [7, 11) is 2.01. The molecular formula is C20H18N3O2+. The van der Waals surface area contributed by atoms with Crippen LogP contribution in [0.5, 0.6) is 0 Å². The van der Waals surface area contributed by atoms with E-state index < -0.39 is 5.97 Å². The average molecular weight is 332 g/mol. The summed E-state index contributed by atoms with van der Waals surface area (Å²) in [6.07, 6.45) is 3.79. The van der Waals surface area contributed by atoms with Gasteiger partial charge < -0.3 is 9.30 Å². The number of hydrogen-bond donors (Lipinski definition) is 0. The summed E-state index contributed by atoms with van der Waals surface area (Å²) in [6, 6.07) is 15.8. The molecule has 0 N–H and O–H groups in total. The van der Waals surface area contributed by atoms with Crippen molar-refractivity contribution in [2.45, 2.75) is 6.92 Å². The van der Waals surface area contributed by atoms with Crippen LogP contribution in [-0.4, -0.2) is 22.1 Å². The van der Waals surface area contributed by atoms with Gasteiger partial charge in [0.1, 0.15) is 0 Å². The Kier molecular flexibility index (Phi) is 3.69. The van der Waals surface area contributed by atoms with E-state index in [-0.39, 0.29) is 0 Å². The largest absolute Gasteiger partial charge is 0.461 e. The zero-order valence-electron chi connectivity index (χ0n) is 14.1. The molecule has 0 aliphatic carbocycles. The highest BCUT2D eigenvalue weighted by atomic mass is 16.5. The average Bonchev–Trinajstić information content (AvgIpc) is 2.94. The Morgan fingerprint density at radius 1 is 1.12 bits per heavy atom. The summed E-state index contributed by atoms with van der Waals surface area (Å²) < 4.78 is 9.22. The van der Waals surface area contributed by atoms with Crippen molar-refractivity contribution < 1.29 is 14.1 Å². The number of aromatic nitrogens is 3. The predicted molar refractivity (Wildman–Crippen MR) is 95.7 cm³/mol. The topological polar surface area (TPSA) is 48.0 Å². The fourth-order valence-corrected chi connectivity index (χ4v) is 3.15. The Balaban J connectivity index is 2.08. The van der Waals surface area contributed by atoms with Crippen molar-refractivity contribution in [3.63, 3.8) is 0 Å². The molecule has 4 aromatic rings. The highest BCUT2D eigenvalue weighted by molar-refractivity contribution is 6.07. The van der Waals surface area contributed by atoms with Crippen molar-refractivity contribution in [3.8, 4) is 5.69 Å². The molecule has 0 aliphatic heterocycles. The van der Waals surface area contributed by atoms with Crippen LogP contribution in [-0.2, 0) is 11.8 Å². The number of carbonyl (C=O) groups is 1. The van der Waals surface area contributed by atoms with Gasteiger partial charge in [0.05, 0.1) is 23.2 Å². The van der Waals surface area contributed by atoms with E-state index in [2.05, 4.69) is 10.6 Å². The molecule has 124 valence electrons. The van der Waals surface area contributed by atoms with Crippen molar-refractivity contribution in [1.82, 2.24) is 9.55 Å². The molecule has 25 heavy (non-hydrogen) atoms. The Labute approximate surface area is 145 Å². The van der Waals surface area contributed by atoms with Crippen LogP contribution < -0.4 is 4.57 Å². The molecule has 0 aliphatic rings. The van der Waals surface area contributed by atoms with E-state index in [0.29, 0.717) is 18.0 Å². The molecular weight excluding hydrogens is 314 g/mol. The third-order valence-corrected chi connectivity index (χ3v) is 4.33. The molecule has 4 rings (SSSR count). The molecule has 5 nitrogen and oxygen atoms in total. The Hall–Kier alpha value is -3.21. The van der Waals surface area contributed by atoms with Crippen LogP contribution in [0.3, 0.4) is 0 Å². The van der Waals surface area contributed by atoms with Gasteiger partial charge in [-0.25, -0.2) is 9.78 Å². The molecule has 0 radical (unpaired) electrons. The lowest BCUT2D eigenvalue weighted by atomic mass is 10.2. The molecule has 0 spiro atoms. The van der Waals surface area contributed by atoms with Gasteiger partial charge in [0.15, 0.2) is 12.4 Å². The molecule has 0 saturated carbocycles. The monoisotopic (exact) mass is 332 g/mol. The van der Waals surface area contributed by atoms with E-state index in [1.54, 1.807) is 6.92 Å². The summed E-state index contributed by atoms with van der Waals surface area (Å²) in [5.74, 6) is -0.413. The minimum atomic E-state index is -0.413. The minimum Gasteiger partial charge on any atom is -0.461 e. The number of ether oxygens (including phenoxy) is 1. The van der Waals surface area contributed by atoms with Gasteiger partial charge in [-0.05, 0) is 13.0 Å². The van der Waals surface area contributed by atoms with Gasteiger partial charge in [0.2, 0.25) is 11.4 Å². The maximum Gasteiger partial charge on any atom is 0.363 e. The van der Waals surface area contributed by atoms with Crippen LogP contribution in [0, 0.1) is 0 Å². The van der Waals surface area contributed by atoms with E-state index in [1.165, 1.54) is 0 Å². The van der Waals surface area contributed by atoms with E-state index in [0.717, 1.165) is 21.9 Å². The van der Waals surface area contributed by atoms with Gasteiger partial charge >= 0.3 is 5.97 Å². The fourth-order valence-electron chi connectivity index (χ4n) is 3.15. The van der Waals surface area contributed by atoms with E-state index >= 15 is 0 Å². The van der Waals surface area contributed by atoms with Gasteiger partial charge in [-0.15, -0.1) is 0 Å². The first-order valence-electron chi connectivity index (χ1n) is 8.22. The van der Waals surface area contributed by atoms with Gasteiger partial charge in [-0.3, -0.25) is 0 Å². The molecule has 0 atom stereocenters. The Morgan fingerprint density at radius 2 is 1.88 bits per heavy atom. The lowest BCUT2D eigenvalue weighted by Gasteiger charge is -2.05. The Morgan fingerprint density at radius 3 is 2.64 bits per heavy atom. The molecule has 3 heterocycles. The van der Waals surface area contributed by atoms with Crippen molar-refractivity contribution >= 4 is 27.9 Å². The molecule has 3 aromatic heterocycles. The number of benzene rings is 1. The predicted octanol–water partition coefficient (Wildman–Crippen LogP) is 3.18. The third kappa shape index (κ3) is 2.45. The van der Waals surface area contributed by atoms with E-state index in [4.69, 9.17) is 9.72 Å². The number of hydrogen-bond acceptors (Lipinski definition) is 3. The first-order valence-corrected chi connectivity index (χ1v) is 8.22. The van der Waals surface area contributed by atoms with Crippen LogP contribution in [0.15, 0.2) is 60.9 Å². The van der Waals surface area contributed by atoms with Gasteiger partial charge in [-0.1, -0.05) is 24.3 Å². The first kappa shape index (κ1) is 15.3. The number of rotatable bonds is 3. The van der Waals surface area contributed by atoms with Crippen molar-refractivity contribution in [2.24, 2.45) is 7.05 Å². The zero-order chi connectivity index (χ0) is 17.4. The second-order valence-corrected chi connectivity index (χ2v) is 5.80. The molecule has 0 saturated heterocycles. The number of para-hydroxylation sites is 1. The SMILES string of the molecule is CCOC(=O)c1nc2c3ccccc3n(C)c2cc1-[n+]1ccccc1. The van der Waals surface area contributed by atoms with E-state index in [1.807, 2.05) is 66.5 Å². The standard InChI is InChI=1S/C20H18N3O2/c1-3-25-20(24)19-17(23-11-7-4-8-12-23)13-16-18(21-19)14-9-5-6-10-15(14)22(16)2/h4-13H,3H2,1-2H3/q+1. The number of fused-ring (bicyclic) bond motifs is 3. The minimum absolute atomic E-state index is 0.312. The first-order chi connectivity index (χ1) is 12.2. The summed E-state index contributed by atoms with van der Waals surface area (Å²) >= 11 is 0. The van der Waals surface area contributed by atoms with Crippen LogP contribution in [0.2, 0.25) is 0 Å². The fraction of sp³-hybridized carbons (Fsp3) is 0.150. The zero-order valence-corrected chi connectivity index (χ0v) is 14.1. The van der Waals surface area contributed by atoms with Crippen molar-refractivity contribution in [1.29, 1.82) is 0 Å². The summed E-state index contributed by atoms with van der Waals surface area (Å²) in [5.41, 5.74) is 3.89. The Bertz CT molecular complexity index is 1080. The van der Waals surface area contributed by atoms with Crippen LogP contribution in [0.4, 0.5) is 0 Å². The van der Waals surface area contributed by atoms with E-state index in [9.17, 15) is 4.79 Å². The van der Waals surface area contributed by atoms with Gasteiger partial charge in [-0.2, -0.15) is 4.57 Å². The van der Waals surface area contributed by atoms with Crippen LogP contribution in [0.25, 0.3) is 27.6 Å². The van der Waals surface area contributed by atoms with Crippen LogP contribution in [0.1, 0.15) is 17.4 Å². The quantitative estimate of drug-likeness (QED) is 0.428.